The molecule has 3 saturated carbocycles. The molecule has 4 fully saturated rings. The van der Waals surface area contributed by atoms with E-state index in [1.807, 2.05) is 24.3 Å². The summed E-state index contributed by atoms with van der Waals surface area (Å²) in [4.78, 5) is 0. The minimum Gasteiger partial charge on any atom is -0.404 e. The van der Waals surface area contributed by atoms with Gasteiger partial charge >= 0.3 is 7.12 Å². The maximum absolute atomic E-state index is 8.89. The monoisotopic (exact) mass is 360 g/mol. The van der Waals surface area contributed by atoms with E-state index in [1.165, 1.54) is 6.42 Å². The van der Waals surface area contributed by atoms with Crippen LogP contribution in [0.15, 0.2) is 24.3 Å². The third-order valence-corrected chi connectivity index (χ3v) is 6.87. The SMILES string of the molecule is CC1(C)[C@@H]2C[C@H]3OB([C@@H](N)Cc4ccc(C#N)cc4)O[C@@]3(C)[C@H]1C2.Cl. The lowest BCUT2D eigenvalue weighted by Gasteiger charge is -2.64. The molecule has 0 spiro atoms. The first-order valence-electron chi connectivity index (χ1n) is 8.92. The molecule has 2 bridgehead atoms. The molecule has 3 aliphatic carbocycles. The number of benzene rings is 1. The molecule has 2 N–H and O–H groups in total. The number of nitrogens with two attached hydrogens (primary N) is 1. The molecule has 0 aromatic heterocycles. The lowest BCUT2D eigenvalue weighted by Crippen LogP contribution is -2.65. The first-order chi connectivity index (χ1) is 11.3. The number of halogens is 1. The van der Waals surface area contributed by atoms with Gasteiger partial charge in [0.05, 0.1) is 23.3 Å². The van der Waals surface area contributed by atoms with Gasteiger partial charge in [-0.1, -0.05) is 26.0 Å². The van der Waals surface area contributed by atoms with Crippen molar-refractivity contribution >= 4 is 19.5 Å². The fourth-order valence-electron chi connectivity index (χ4n) is 5.17. The van der Waals surface area contributed by atoms with Gasteiger partial charge in [-0.3, -0.25) is 0 Å². The van der Waals surface area contributed by atoms with E-state index >= 15 is 0 Å². The van der Waals surface area contributed by atoms with Crippen LogP contribution in [0, 0.1) is 28.6 Å². The molecule has 0 radical (unpaired) electrons. The van der Waals surface area contributed by atoms with Crippen molar-refractivity contribution in [3.8, 4) is 6.07 Å². The normalized spacial score (nSPS) is 35.8. The van der Waals surface area contributed by atoms with E-state index in [4.69, 9.17) is 20.3 Å². The molecule has 4 aliphatic rings. The molecular weight excluding hydrogens is 334 g/mol. The van der Waals surface area contributed by atoms with Crippen LogP contribution in [0.3, 0.4) is 0 Å². The molecule has 1 aromatic carbocycles. The molecular formula is C19H26BClN2O2. The smallest absolute Gasteiger partial charge is 0.404 e. The molecule has 0 amide bonds. The van der Waals surface area contributed by atoms with E-state index < -0.39 is 0 Å². The maximum Gasteiger partial charge on any atom is 0.475 e. The van der Waals surface area contributed by atoms with E-state index in [-0.39, 0.29) is 37.2 Å². The van der Waals surface area contributed by atoms with Gasteiger partial charge in [0, 0.05) is 5.94 Å². The van der Waals surface area contributed by atoms with Crippen molar-refractivity contribution in [2.75, 3.05) is 0 Å². The van der Waals surface area contributed by atoms with Crippen molar-refractivity contribution in [3.63, 3.8) is 0 Å². The van der Waals surface area contributed by atoms with E-state index in [0.29, 0.717) is 23.3 Å². The molecule has 6 heteroatoms. The standard InChI is InChI=1S/C19H25BN2O2.ClH/c1-18(2)14-9-15(18)19(3)16(10-14)23-20(24-19)17(22)8-12-4-6-13(11-21)7-5-12;/h4-7,14-17H,8-10,22H2,1-3H3;1H/t14-,15-,16+,17-,19-;/m0./s1. The molecule has 1 saturated heterocycles. The summed E-state index contributed by atoms with van der Waals surface area (Å²) in [5, 5.41) is 8.89. The number of hydrogen-bond acceptors (Lipinski definition) is 4. The maximum atomic E-state index is 8.89. The zero-order valence-electron chi connectivity index (χ0n) is 15.1. The highest BCUT2D eigenvalue weighted by Crippen LogP contribution is 2.65. The van der Waals surface area contributed by atoms with Crippen molar-refractivity contribution in [2.24, 2.45) is 23.0 Å². The van der Waals surface area contributed by atoms with Gasteiger partial charge in [-0.05, 0) is 61.1 Å². The van der Waals surface area contributed by atoms with Gasteiger partial charge in [0.15, 0.2) is 0 Å². The van der Waals surface area contributed by atoms with Gasteiger partial charge in [-0.2, -0.15) is 5.26 Å². The van der Waals surface area contributed by atoms with Crippen LogP contribution in [0.4, 0.5) is 0 Å². The van der Waals surface area contributed by atoms with Crippen molar-refractivity contribution < 1.29 is 9.31 Å². The van der Waals surface area contributed by atoms with E-state index in [9.17, 15) is 0 Å². The van der Waals surface area contributed by atoms with Gasteiger partial charge in [0.2, 0.25) is 0 Å². The van der Waals surface area contributed by atoms with Gasteiger partial charge < -0.3 is 15.0 Å². The highest BCUT2D eigenvalue weighted by Gasteiger charge is 2.68. The van der Waals surface area contributed by atoms with Crippen molar-refractivity contribution in [1.82, 2.24) is 0 Å². The quantitative estimate of drug-likeness (QED) is 0.841. The van der Waals surface area contributed by atoms with Crippen LogP contribution in [-0.4, -0.2) is 24.8 Å². The van der Waals surface area contributed by atoms with E-state index in [2.05, 4.69) is 26.8 Å². The number of nitrogens with zero attached hydrogens (tertiary/aromatic N) is 1. The first kappa shape index (κ1) is 18.7. The first-order valence-corrected chi connectivity index (χ1v) is 8.92. The Morgan fingerprint density at radius 1 is 1.28 bits per heavy atom. The van der Waals surface area contributed by atoms with Crippen LogP contribution in [-0.2, 0) is 15.7 Å². The van der Waals surface area contributed by atoms with Crippen molar-refractivity contribution in [2.45, 2.75) is 57.7 Å². The van der Waals surface area contributed by atoms with Crippen LogP contribution in [0.25, 0.3) is 0 Å². The molecule has 25 heavy (non-hydrogen) atoms. The molecule has 1 aliphatic heterocycles. The molecule has 0 unspecified atom stereocenters. The number of hydrogen-bond donors (Lipinski definition) is 1. The Balaban J connectivity index is 0.00000182. The van der Waals surface area contributed by atoms with Gasteiger partial charge in [-0.25, -0.2) is 0 Å². The Morgan fingerprint density at radius 2 is 1.96 bits per heavy atom. The predicted molar refractivity (Wildman–Crippen MR) is 100 cm³/mol. The molecule has 5 rings (SSSR count). The third kappa shape index (κ3) is 2.80. The Labute approximate surface area is 156 Å². The Morgan fingerprint density at radius 3 is 2.56 bits per heavy atom. The fraction of sp³-hybridized carbons (Fsp3) is 0.632. The molecule has 5 atom stereocenters. The lowest BCUT2D eigenvalue weighted by atomic mass is 9.43. The summed E-state index contributed by atoms with van der Waals surface area (Å²) in [5.41, 5.74) is 8.33. The van der Waals surface area contributed by atoms with Crippen LogP contribution in [0.5, 0.6) is 0 Å². The minimum atomic E-state index is -0.342. The van der Waals surface area contributed by atoms with Crippen LogP contribution in [0.2, 0.25) is 0 Å². The summed E-state index contributed by atoms with van der Waals surface area (Å²) in [7, 11) is -0.342. The summed E-state index contributed by atoms with van der Waals surface area (Å²) in [6, 6.07) is 9.72. The summed E-state index contributed by atoms with van der Waals surface area (Å²) < 4.78 is 12.7. The molecule has 1 heterocycles. The predicted octanol–water partition coefficient (Wildman–Crippen LogP) is 3.12. The Bertz CT molecular complexity index is 690. The number of rotatable bonds is 3. The second-order valence-electron chi connectivity index (χ2n) is 8.51. The van der Waals surface area contributed by atoms with Crippen LogP contribution >= 0.6 is 12.4 Å². The second kappa shape index (κ2) is 6.28. The van der Waals surface area contributed by atoms with Gasteiger partial charge in [0.25, 0.3) is 0 Å². The Kier molecular flexibility index (Phi) is 4.70. The van der Waals surface area contributed by atoms with E-state index in [1.54, 1.807) is 0 Å². The average Bonchev–Trinajstić information content (AvgIpc) is 2.92. The molecule has 4 nitrogen and oxygen atoms in total. The largest absolute Gasteiger partial charge is 0.475 e. The second-order valence-corrected chi connectivity index (χ2v) is 8.51. The van der Waals surface area contributed by atoms with Gasteiger partial charge in [-0.15, -0.1) is 12.4 Å². The average molecular weight is 361 g/mol. The lowest BCUT2D eigenvalue weighted by molar-refractivity contribution is -0.199. The third-order valence-electron chi connectivity index (χ3n) is 6.87. The highest BCUT2D eigenvalue weighted by molar-refractivity contribution is 6.47. The summed E-state index contributed by atoms with van der Waals surface area (Å²) in [5.74, 6) is 1.11. The summed E-state index contributed by atoms with van der Waals surface area (Å²) >= 11 is 0. The molecule has 1 aromatic rings. The zero-order valence-corrected chi connectivity index (χ0v) is 15.9. The highest BCUT2D eigenvalue weighted by atomic mass is 35.5. The van der Waals surface area contributed by atoms with E-state index in [0.717, 1.165) is 17.9 Å². The van der Waals surface area contributed by atoms with Crippen LogP contribution in [0.1, 0.15) is 44.7 Å². The minimum absolute atomic E-state index is 0. The summed E-state index contributed by atoms with van der Waals surface area (Å²) in [6.45, 7) is 6.94. The molecule has 134 valence electrons. The van der Waals surface area contributed by atoms with Crippen molar-refractivity contribution in [3.05, 3.63) is 35.4 Å². The zero-order chi connectivity index (χ0) is 17.1. The fourth-order valence-corrected chi connectivity index (χ4v) is 5.17. The Hall–Kier alpha value is -1.06. The van der Waals surface area contributed by atoms with Crippen molar-refractivity contribution in [1.29, 1.82) is 5.26 Å². The summed E-state index contributed by atoms with van der Waals surface area (Å²) in [6.07, 6.45) is 3.20. The van der Waals surface area contributed by atoms with Gasteiger partial charge in [0.1, 0.15) is 0 Å². The number of nitriles is 1. The topological polar surface area (TPSA) is 68.3 Å². The van der Waals surface area contributed by atoms with Crippen LogP contribution < -0.4 is 5.73 Å².